The number of piperidine rings is 1. The van der Waals surface area contributed by atoms with Crippen LogP contribution in [0.2, 0.25) is 0 Å². The van der Waals surface area contributed by atoms with E-state index in [1.807, 2.05) is 6.07 Å². The van der Waals surface area contributed by atoms with Crippen LogP contribution in [0.1, 0.15) is 37.7 Å². The Hall–Kier alpha value is -1.26. The second-order valence-electron chi connectivity index (χ2n) is 7.15. The number of nitrogens with zero attached hydrogens (tertiary/aromatic N) is 1. The van der Waals surface area contributed by atoms with Gasteiger partial charge in [-0.2, -0.15) is 0 Å². The molecule has 3 rings (SSSR count). The van der Waals surface area contributed by atoms with Crippen LogP contribution >= 0.6 is 0 Å². The Kier molecular flexibility index (Phi) is 5.44. The molecule has 1 aromatic carbocycles. The molecule has 0 amide bonds. The molecule has 1 saturated carbocycles. The van der Waals surface area contributed by atoms with Gasteiger partial charge in [-0.25, -0.2) is 0 Å². The zero-order chi connectivity index (χ0) is 16.2. The van der Waals surface area contributed by atoms with E-state index in [0.29, 0.717) is 12.0 Å². The monoisotopic (exact) mass is 318 g/mol. The highest BCUT2D eigenvalue weighted by molar-refractivity contribution is 5.43. The lowest BCUT2D eigenvalue weighted by atomic mass is 9.88. The average Bonchev–Trinajstić information content (AvgIpc) is 3.08. The summed E-state index contributed by atoms with van der Waals surface area (Å²) in [5.41, 5.74) is 7.67. The molecule has 4 heteroatoms. The third-order valence-corrected chi connectivity index (χ3v) is 5.41. The number of methoxy groups -OCH3 is 2. The first kappa shape index (κ1) is 16.6. The van der Waals surface area contributed by atoms with Gasteiger partial charge in [0.2, 0.25) is 0 Å². The van der Waals surface area contributed by atoms with Crippen molar-refractivity contribution in [3.05, 3.63) is 23.8 Å². The lowest BCUT2D eigenvalue weighted by molar-refractivity contribution is 0.111. The summed E-state index contributed by atoms with van der Waals surface area (Å²) in [6.45, 7) is 2.26. The average molecular weight is 318 g/mol. The smallest absolute Gasteiger partial charge is 0.160 e. The molecule has 2 atom stereocenters. The number of likely N-dealkylation sites (tertiary alicyclic amines) is 1. The predicted octanol–water partition coefficient (Wildman–Crippen LogP) is 2.84. The number of nitrogens with two attached hydrogens (primary N) is 1. The Labute approximate surface area is 139 Å². The van der Waals surface area contributed by atoms with Crippen molar-refractivity contribution in [1.82, 2.24) is 4.90 Å². The highest BCUT2D eigenvalue weighted by Crippen LogP contribution is 2.31. The molecule has 4 nitrogen and oxygen atoms in total. The Morgan fingerprint density at radius 1 is 1.09 bits per heavy atom. The normalized spacial score (nSPS) is 26.4. The van der Waals surface area contributed by atoms with Gasteiger partial charge in [-0.05, 0) is 49.3 Å². The van der Waals surface area contributed by atoms with Gasteiger partial charge in [0, 0.05) is 25.2 Å². The molecule has 1 heterocycles. The van der Waals surface area contributed by atoms with Crippen molar-refractivity contribution in [2.45, 2.75) is 50.6 Å². The molecule has 23 heavy (non-hydrogen) atoms. The summed E-state index contributed by atoms with van der Waals surface area (Å²) < 4.78 is 10.8. The van der Waals surface area contributed by atoms with E-state index >= 15 is 0 Å². The van der Waals surface area contributed by atoms with Gasteiger partial charge >= 0.3 is 0 Å². The molecule has 2 fully saturated rings. The van der Waals surface area contributed by atoms with E-state index in [0.717, 1.165) is 36.9 Å². The molecular formula is C19H30N2O2. The molecule has 2 N–H and O–H groups in total. The molecule has 0 radical (unpaired) electrons. The van der Waals surface area contributed by atoms with Gasteiger partial charge in [-0.15, -0.1) is 0 Å². The van der Waals surface area contributed by atoms with E-state index in [-0.39, 0.29) is 0 Å². The Morgan fingerprint density at radius 3 is 2.52 bits per heavy atom. The highest BCUT2D eigenvalue weighted by atomic mass is 16.5. The maximum Gasteiger partial charge on any atom is 0.160 e. The van der Waals surface area contributed by atoms with Crippen LogP contribution in [0.15, 0.2) is 18.2 Å². The summed E-state index contributed by atoms with van der Waals surface area (Å²) in [5.74, 6) is 2.25. The van der Waals surface area contributed by atoms with Gasteiger partial charge in [-0.1, -0.05) is 18.9 Å². The van der Waals surface area contributed by atoms with Crippen molar-refractivity contribution < 1.29 is 9.47 Å². The fraction of sp³-hybridized carbons (Fsp3) is 0.684. The molecule has 0 bridgehead atoms. The highest BCUT2D eigenvalue weighted by Gasteiger charge is 2.31. The van der Waals surface area contributed by atoms with Gasteiger partial charge in [0.25, 0.3) is 0 Å². The van der Waals surface area contributed by atoms with E-state index in [1.54, 1.807) is 14.2 Å². The fourth-order valence-corrected chi connectivity index (χ4v) is 4.34. The van der Waals surface area contributed by atoms with Crippen LogP contribution < -0.4 is 15.2 Å². The number of benzene rings is 1. The van der Waals surface area contributed by atoms with Crippen LogP contribution in [-0.2, 0) is 6.42 Å². The van der Waals surface area contributed by atoms with Crippen LogP contribution in [0.4, 0.5) is 0 Å². The molecule has 1 aliphatic heterocycles. The molecule has 128 valence electrons. The largest absolute Gasteiger partial charge is 0.493 e. The van der Waals surface area contributed by atoms with Crippen LogP contribution in [0.3, 0.4) is 0 Å². The third-order valence-electron chi connectivity index (χ3n) is 5.41. The molecular weight excluding hydrogens is 288 g/mol. The summed E-state index contributed by atoms with van der Waals surface area (Å²) in [6, 6.07) is 7.36. The molecule has 1 saturated heterocycles. The van der Waals surface area contributed by atoms with E-state index in [2.05, 4.69) is 17.0 Å². The van der Waals surface area contributed by atoms with Gasteiger partial charge in [-0.3, -0.25) is 4.90 Å². The SMILES string of the molecule is COc1ccc(CC2CC(N)CN(C3CCCC3)C2)cc1OC. The van der Waals surface area contributed by atoms with Gasteiger partial charge < -0.3 is 15.2 Å². The summed E-state index contributed by atoms with van der Waals surface area (Å²) in [5, 5.41) is 0. The van der Waals surface area contributed by atoms with Crippen LogP contribution in [-0.4, -0.2) is 44.3 Å². The van der Waals surface area contributed by atoms with Crippen LogP contribution in [0.5, 0.6) is 11.5 Å². The first-order valence-corrected chi connectivity index (χ1v) is 8.90. The Balaban J connectivity index is 1.66. The summed E-state index contributed by atoms with van der Waals surface area (Å²) in [6.07, 6.45) is 7.67. The minimum atomic E-state index is 0.314. The lowest BCUT2D eigenvalue weighted by Gasteiger charge is -2.40. The molecule has 0 aromatic heterocycles. The van der Waals surface area contributed by atoms with E-state index in [4.69, 9.17) is 15.2 Å². The number of hydrogen-bond donors (Lipinski definition) is 1. The minimum Gasteiger partial charge on any atom is -0.493 e. The number of hydrogen-bond acceptors (Lipinski definition) is 4. The third kappa shape index (κ3) is 3.99. The molecule has 1 aromatic rings. The van der Waals surface area contributed by atoms with E-state index in [1.165, 1.54) is 37.8 Å². The standard InChI is InChI=1S/C19H30N2O2/c1-22-18-8-7-14(11-19(18)23-2)9-15-10-16(20)13-21(12-15)17-5-3-4-6-17/h7-8,11,15-17H,3-6,9-10,12-13,20H2,1-2H3. The minimum absolute atomic E-state index is 0.314. The van der Waals surface area contributed by atoms with Crippen LogP contribution in [0, 0.1) is 5.92 Å². The second kappa shape index (κ2) is 7.54. The zero-order valence-corrected chi connectivity index (χ0v) is 14.5. The molecule has 0 spiro atoms. The Morgan fingerprint density at radius 2 is 1.83 bits per heavy atom. The van der Waals surface area contributed by atoms with Gasteiger partial charge in [0.15, 0.2) is 11.5 Å². The zero-order valence-electron chi connectivity index (χ0n) is 14.5. The fourth-order valence-electron chi connectivity index (χ4n) is 4.34. The van der Waals surface area contributed by atoms with Crippen molar-refractivity contribution in [2.75, 3.05) is 27.3 Å². The van der Waals surface area contributed by atoms with Crippen molar-refractivity contribution in [2.24, 2.45) is 11.7 Å². The number of ether oxygens (including phenoxy) is 2. The first-order chi connectivity index (χ1) is 11.2. The Bertz CT molecular complexity index is 514. The van der Waals surface area contributed by atoms with Gasteiger partial charge in [0.05, 0.1) is 14.2 Å². The quantitative estimate of drug-likeness (QED) is 0.907. The van der Waals surface area contributed by atoms with Gasteiger partial charge in [0.1, 0.15) is 0 Å². The lowest BCUT2D eigenvalue weighted by Crippen LogP contribution is -2.50. The van der Waals surface area contributed by atoms with E-state index < -0.39 is 0 Å². The molecule has 2 unspecified atom stereocenters. The van der Waals surface area contributed by atoms with Crippen molar-refractivity contribution in [1.29, 1.82) is 0 Å². The summed E-state index contributed by atoms with van der Waals surface area (Å²) >= 11 is 0. The maximum atomic E-state index is 6.35. The first-order valence-electron chi connectivity index (χ1n) is 8.90. The van der Waals surface area contributed by atoms with Crippen LogP contribution in [0.25, 0.3) is 0 Å². The summed E-state index contributed by atoms with van der Waals surface area (Å²) in [7, 11) is 3.37. The summed E-state index contributed by atoms with van der Waals surface area (Å²) in [4.78, 5) is 2.66. The molecule has 1 aliphatic carbocycles. The van der Waals surface area contributed by atoms with Crippen molar-refractivity contribution >= 4 is 0 Å². The van der Waals surface area contributed by atoms with Crippen molar-refractivity contribution in [3.63, 3.8) is 0 Å². The second-order valence-corrected chi connectivity index (χ2v) is 7.15. The number of rotatable bonds is 5. The topological polar surface area (TPSA) is 47.7 Å². The maximum absolute atomic E-state index is 6.35. The predicted molar refractivity (Wildman–Crippen MR) is 93.2 cm³/mol. The van der Waals surface area contributed by atoms with E-state index in [9.17, 15) is 0 Å². The van der Waals surface area contributed by atoms with Crippen molar-refractivity contribution in [3.8, 4) is 11.5 Å². The molecule has 2 aliphatic rings.